The van der Waals surface area contributed by atoms with Crippen LogP contribution in [0.15, 0.2) is 206 Å². The van der Waals surface area contributed by atoms with Gasteiger partial charge < -0.3 is 4.57 Å². The lowest BCUT2D eigenvalue weighted by atomic mass is 9.89. The van der Waals surface area contributed by atoms with Gasteiger partial charge in [0.05, 0.1) is 11.2 Å². The third kappa shape index (κ3) is 5.35. The standard InChI is InChI=1S/C51H34NOP/c53-54(41-20-3-1-4-21-41,42-22-5-2-6-23-42)43-24-14-18-38(33-43)37-17-13-19-39(31-37)47-34-48-50(45-26-10-9-25-44(45)47)46-27-11-12-28-49(46)52-51(48)40-30-29-35-15-7-8-16-36(35)32-40/h1-34H. The van der Waals surface area contributed by atoms with Crippen molar-refractivity contribution in [3.8, 4) is 33.5 Å². The molecular weight excluding hydrogens is 674 g/mol. The Morgan fingerprint density at radius 3 is 1.69 bits per heavy atom. The number of pyridine rings is 1. The number of benzene rings is 9. The fourth-order valence-electron chi connectivity index (χ4n) is 8.08. The topological polar surface area (TPSA) is 30.0 Å². The zero-order valence-corrected chi connectivity index (χ0v) is 30.3. The number of fused-ring (bicyclic) bond motifs is 6. The first-order chi connectivity index (χ1) is 26.6. The summed E-state index contributed by atoms with van der Waals surface area (Å²) < 4.78 is 15.3. The Hall–Kier alpha value is -6.60. The van der Waals surface area contributed by atoms with Gasteiger partial charge in [-0.15, -0.1) is 0 Å². The van der Waals surface area contributed by atoms with Crippen molar-refractivity contribution in [1.29, 1.82) is 0 Å². The molecule has 2 nitrogen and oxygen atoms in total. The molecule has 0 saturated heterocycles. The number of hydrogen-bond acceptors (Lipinski definition) is 2. The van der Waals surface area contributed by atoms with Gasteiger partial charge in [0, 0.05) is 37.6 Å². The van der Waals surface area contributed by atoms with Crippen molar-refractivity contribution in [3.05, 3.63) is 206 Å². The average Bonchev–Trinajstić information content (AvgIpc) is 3.26. The highest BCUT2D eigenvalue weighted by atomic mass is 31.2. The molecule has 1 aromatic heterocycles. The molecule has 0 unspecified atom stereocenters. The first kappa shape index (κ1) is 32.1. The maximum absolute atomic E-state index is 15.3. The Morgan fingerprint density at radius 2 is 0.926 bits per heavy atom. The van der Waals surface area contributed by atoms with Crippen LogP contribution in [-0.2, 0) is 4.57 Å². The number of para-hydroxylation sites is 1. The summed E-state index contributed by atoms with van der Waals surface area (Å²) in [4.78, 5) is 5.34. The van der Waals surface area contributed by atoms with Gasteiger partial charge in [0.25, 0.3) is 0 Å². The third-order valence-corrected chi connectivity index (χ3v) is 13.7. The van der Waals surface area contributed by atoms with Crippen LogP contribution in [0.3, 0.4) is 0 Å². The summed E-state index contributed by atoms with van der Waals surface area (Å²) in [6.45, 7) is 0. The lowest BCUT2D eigenvalue weighted by molar-refractivity contribution is 0.592. The van der Waals surface area contributed by atoms with Gasteiger partial charge in [-0.1, -0.05) is 176 Å². The summed E-state index contributed by atoms with van der Waals surface area (Å²) in [6, 6.07) is 71.5. The van der Waals surface area contributed by atoms with Gasteiger partial charge in [-0.2, -0.15) is 0 Å². The molecule has 0 radical (unpaired) electrons. The van der Waals surface area contributed by atoms with Gasteiger partial charge in [0.15, 0.2) is 7.14 Å². The van der Waals surface area contributed by atoms with Crippen molar-refractivity contribution in [1.82, 2.24) is 4.98 Å². The summed E-state index contributed by atoms with van der Waals surface area (Å²) >= 11 is 0. The second-order valence-electron chi connectivity index (χ2n) is 13.8. The van der Waals surface area contributed by atoms with Crippen LogP contribution in [0.2, 0.25) is 0 Å². The molecule has 54 heavy (non-hydrogen) atoms. The minimum atomic E-state index is -3.13. The number of aromatic nitrogens is 1. The zero-order valence-electron chi connectivity index (χ0n) is 29.4. The average molecular weight is 708 g/mol. The lowest BCUT2D eigenvalue weighted by Crippen LogP contribution is -2.25. The van der Waals surface area contributed by atoms with E-state index in [-0.39, 0.29) is 0 Å². The van der Waals surface area contributed by atoms with Crippen LogP contribution in [0.5, 0.6) is 0 Å². The summed E-state index contributed by atoms with van der Waals surface area (Å²) in [5.74, 6) is 0. The summed E-state index contributed by atoms with van der Waals surface area (Å²) in [5.41, 5.74) is 7.41. The molecule has 1 heterocycles. The molecule has 0 aliphatic carbocycles. The van der Waals surface area contributed by atoms with Crippen LogP contribution < -0.4 is 15.9 Å². The maximum Gasteiger partial charge on any atom is 0.171 e. The molecule has 254 valence electrons. The molecule has 0 amide bonds. The smallest absolute Gasteiger partial charge is 0.171 e. The first-order valence-corrected chi connectivity index (χ1v) is 20.0. The second-order valence-corrected chi connectivity index (χ2v) is 16.6. The summed E-state index contributed by atoms with van der Waals surface area (Å²) in [5, 5.41) is 10.7. The van der Waals surface area contributed by atoms with E-state index in [1.54, 1.807) is 0 Å². The van der Waals surface area contributed by atoms with E-state index >= 15 is 4.57 Å². The summed E-state index contributed by atoms with van der Waals surface area (Å²) in [6.07, 6.45) is 0. The highest BCUT2D eigenvalue weighted by Gasteiger charge is 2.29. The van der Waals surface area contributed by atoms with E-state index in [2.05, 4.69) is 133 Å². The van der Waals surface area contributed by atoms with Crippen molar-refractivity contribution in [2.75, 3.05) is 0 Å². The lowest BCUT2D eigenvalue weighted by Gasteiger charge is -2.21. The van der Waals surface area contributed by atoms with Crippen LogP contribution in [0.1, 0.15) is 0 Å². The Labute approximate surface area is 314 Å². The molecule has 0 aliphatic rings. The van der Waals surface area contributed by atoms with Crippen LogP contribution >= 0.6 is 7.14 Å². The molecule has 0 fully saturated rings. The predicted molar refractivity (Wildman–Crippen MR) is 230 cm³/mol. The molecule has 0 aliphatic heterocycles. The van der Waals surface area contributed by atoms with Crippen LogP contribution in [0.25, 0.3) is 76.7 Å². The molecule has 0 saturated carbocycles. The molecular formula is C51H34NOP. The Kier molecular flexibility index (Phi) is 7.79. The number of nitrogens with zero attached hydrogens (tertiary/aromatic N) is 1. The molecule has 0 atom stereocenters. The Balaban J connectivity index is 1.18. The molecule has 0 spiro atoms. The van der Waals surface area contributed by atoms with E-state index in [0.29, 0.717) is 0 Å². The molecule has 0 N–H and O–H groups in total. The van der Waals surface area contributed by atoms with Crippen LogP contribution in [-0.4, -0.2) is 4.98 Å². The van der Waals surface area contributed by atoms with Gasteiger partial charge in [-0.05, 0) is 74.1 Å². The van der Waals surface area contributed by atoms with Crippen LogP contribution in [0, 0.1) is 0 Å². The van der Waals surface area contributed by atoms with Gasteiger partial charge in [0.2, 0.25) is 0 Å². The van der Waals surface area contributed by atoms with Crippen LogP contribution in [0.4, 0.5) is 0 Å². The maximum atomic E-state index is 15.3. The fourth-order valence-corrected chi connectivity index (χ4v) is 10.8. The van der Waals surface area contributed by atoms with Gasteiger partial charge in [-0.3, -0.25) is 0 Å². The fraction of sp³-hybridized carbons (Fsp3) is 0. The Bertz CT molecular complexity index is 3040. The molecule has 9 aromatic carbocycles. The summed E-state index contributed by atoms with van der Waals surface area (Å²) in [7, 11) is -3.13. The van der Waals surface area contributed by atoms with E-state index in [9.17, 15) is 0 Å². The van der Waals surface area contributed by atoms with E-state index in [1.807, 2.05) is 72.8 Å². The van der Waals surface area contributed by atoms with E-state index in [0.717, 1.165) is 65.7 Å². The molecule has 3 heteroatoms. The SMILES string of the molecule is O=P(c1ccccc1)(c1ccccc1)c1cccc(-c2cccc(-c3cc4c(-c5ccc6ccccc6c5)nc5ccccc5c4c4ccccc34)c2)c1. The van der Waals surface area contributed by atoms with Crippen molar-refractivity contribution in [2.45, 2.75) is 0 Å². The largest absolute Gasteiger partial charge is 0.309 e. The van der Waals surface area contributed by atoms with Gasteiger partial charge in [0.1, 0.15) is 0 Å². The minimum absolute atomic E-state index is 0.817. The number of rotatable bonds is 6. The number of hydrogen-bond donors (Lipinski definition) is 0. The molecule has 0 bridgehead atoms. The van der Waals surface area contributed by atoms with Gasteiger partial charge in [-0.25, -0.2) is 4.98 Å². The van der Waals surface area contributed by atoms with E-state index in [4.69, 9.17) is 4.98 Å². The predicted octanol–water partition coefficient (Wildman–Crippen LogP) is 12.3. The first-order valence-electron chi connectivity index (χ1n) is 18.3. The van der Waals surface area contributed by atoms with E-state index < -0.39 is 7.14 Å². The van der Waals surface area contributed by atoms with E-state index in [1.165, 1.54) is 26.9 Å². The van der Waals surface area contributed by atoms with Gasteiger partial charge >= 0.3 is 0 Å². The normalized spacial score (nSPS) is 11.8. The van der Waals surface area contributed by atoms with Crippen molar-refractivity contribution >= 4 is 66.3 Å². The van der Waals surface area contributed by atoms with Crippen molar-refractivity contribution in [2.24, 2.45) is 0 Å². The van der Waals surface area contributed by atoms with Crippen molar-refractivity contribution < 1.29 is 4.57 Å². The quantitative estimate of drug-likeness (QED) is 0.127. The monoisotopic (exact) mass is 707 g/mol. The van der Waals surface area contributed by atoms with Crippen molar-refractivity contribution in [3.63, 3.8) is 0 Å². The molecule has 10 aromatic rings. The third-order valence-electron chi connectivity index (χ3n) is 10.7. The highest BCUT2D eigenvalue weighted by molar-refractivity contribution is 7.85. The minimum Gasteiger partial charge on any atom is -0.309 e. The zero-order chi connectivity index (χ0) is 36.1. The molecule has 10 rings (SSSR count). The second kappa shape index (κ2) is 13.1. The highest BCUT2D eigenvalue weighted by Crippen LogP contribution is 2.45. The Morgan fingerprint density at radius 1 is 0.352 bits per heavy atom.